The molecule has 0 saturated heterocycles. The summed E-state index contributed by atoms with van der Waals surface area (Å²) in [5, 5.41) is 3.43. The zero-order chi connectivity index (χ0) is 15.0. The molecule has 0 amide bonds. The SMILES string of the molecule is C#CCCCOc1c(Br)cc(CNCC(C)C)cc1Br. The molecule has 2 nitrogen and oxygen atoms in total. The molecule has 0 aliphatic carbocycles. The molecule has 1 aromatic rings. The van der Waals surface area contributed by atoms with Gasteiger partial charge in [-0.05, 0) is 68.4 Å². The van der Waals surface area contributed by atoms with Gasteiger partial charge in [0.15, 0.2) is 0 Å². The quantitative estimate of drug-likeness (QED) is 0.500. The first kappa shape index (κ1) is 17.6. The van der Waals surface area contributed by atoms with Crippen molar-refractivity contribution in [1.82, 2.24) is 5.32 Å². The Labute approximate surface area is 138 Å². The van der Waals surface area contributed by atoms with Gasteiger partial charge in [0.2, 0.25) is 0 Å². The Balaban J connectivity index is 2.59. The van der Waals surface area contributed by atoms with Crippen molar-refractivity contribution >= 4 is 31.9 Å². The Bertz CT molecular complexity index is 443. The fourth-order valence-corrected chi connectivity index (χ4v) is 3.22. The molecule has 0 fully saturated rings. The molecular formula is C16H21Br2NO. The number of terminal acetylenes is 1. The second kappa shape index (κ2) is 9.44. The van der Waals surface area contributed by atoms with Crippen LogP contribution in [0.25, 0.3) is 0 Å². The van der Waals surface area contributed by atoms with E-state index in [1.165, 1.54) is 5.56 Å². The van der Waals surface area contributed by atoms with Gasteiger partial charge in [0.25, 0.3) is 0 Å². The Kier molecular flexibility index (Phi) is 8.28. The van der Waals surface area contributed by atoms with Gasteiger partial charge in [-0.15, -0.1) is 12.3 Å². The summed E-state index contributed by atoms with van der Waals surface area (Å²) in [6, 6.07) is 4.18. The highest BCUT2D eigenvalue weighted by Gasteiger charge is 2.09. The van der Waals surface area contributed by atoms with Gasteiger partial charge >= 0.3 is 0 Å². The molecule has 20 heavy (non-hydrogen) atoms. The average Bonchev–Trinajstić information content (AvgIpc) is 2.36. The van der Waals surface area contributed by atoms with Gasteiger partial charge in [-0.2, -0.15) is 0 Å². The zero-order valence-corrected chi connectivity index (χ0v) is 15.2. The van der Waals surface area contributed by atoms with Crippen LogP contribution in [0.2, 0.25) is 0 Å². The lowest BCUT2D eigenvalue weighted by Gasteiger charge is -2.13. The molecule has 0 heterocycles. The maximum absolute atomic E-state index is 5.76. The van der Waals surface area contributed by atoms with Crippen molar-refractivity contribution in [1.29, 1.82) is 0 Å². The predicted molar refractivity (Wildman–Crippen MR) is 91.9 cm³/mol. The molecule has 110 valence electrons. The maximum atomic E-state index is 5.76. The van der Waals surface area contributed by atoms with E-state index in [-0.39, 0.29) is 0 Å². The van der Waals surface area contributed by atoms with Gasteiger partial charge in [0, 0.05) is 13.0 Å². The molecule has 0 aliphatic heterocycles. The van der Waals surface area contributed by atoms with Gasteiger partial charge in [0.05, 0.1) is 15.6 Å². The number of ether oxygens (including phenoxy) is 1. The summed E-state index contributed by atoms with van der Waals surface area (Å²) in [4.78, 5) is 0. The Morgan fingerprint density at radius 2 is 1.95 bits per heavy atom. The van der Waals surface area contributed by atoms with Gasteiger partial charge in [-0.3, -0.25) is 0 Å². The summed E-state index contributed by atoms with van der Waals surface area (Å²) >= 11 is 7.13. The van der Waals surface area contributed by atoms with Crippen LogP contribution in [0, 0.1) is 18.3 Å². The van der Waals surface area contributed by atoms with Crippen LogP contribution in [0.1, 0.15) is 32.3 Å². The van der Waals surface area contributed by atoms with E-state index in [0.717, 1.165) is 40.6 Å². The van der Waals surface area contributed by atoms with Gasteiger partial charge < -0.3 is 10.1 Å². The van der Waals surface area contributed by atoms with Gasteiger partial charge in [0.1, 0.15) is 5.75 Å². The smallest absolute Gasteiger partial charge is 0.147 e. The van der Waals surface area contributed by atoms with E-state index in [1.54, 1.807) is 0 Å². The molecule has 1 aromatic carbocycles. The Morgan fingerprint density at radius 1 is 1.30 bits per heavy atom. The van der Waals surface area contributed by atoms with Gasteiger partial charge in [-0.1, -0.05) is 13.8 Å². The highest BCUT2D eigenvalue weighted by molar-refractivity contribution is 9.11. The molecule has 0 radical (unpaired) electrons. The van der Waals surface area contributed by atoms with Crippen LogP contribution in [-0.2, 0) is 6.54 Å². The van der Waals surface area contributed by atoms with Crippen molar-refractivity contribution in [2.24, 2.45) is 5.92 Å². The second-order valence-corrected chi connectivity index (χ2v) is 6.78. The standard InChI is InChI=1S/C16H21Br2NO/c1-4-5-6-7-20-16-14(17)8-13(9-15(16)18)11-19-10-12(2)3/h1,8-9,12,19H,5-7,10-11H2,2-3H3. The zero-order valence-electron chi connectivity index (χ0n) is 12.0. The molecule has 0 spiro atoms. The van der Waals surface area contributed by atoms with Crippen LogP contribution in [0.5, 0.6) is 5.75 Å². The monoisotopic (exact) mass is 401 g/mol. The minimum atomic E-state index is 0.631. The van der Waals surface area contributed by atoms with Crippen molar-refractivity contribution in [3.63, 3.8) is 0 Å². The molecule has 1 rings (SSSR count). The number of hydrogen-bond acceptors (Lipinski definition) is 2. The van der Waals surface area contributed by atoms with Crippen molar-refractivity contribution < 1.29 is 4.74 Å². The molecule has 0 bridgehead atoms. The third kappa shape index (κ3) is 6.30. The third-order valence-corrected chi connectivity index (χ3v) is 3.83. The van der Waals surface area contributed by atoms with E-state index in [4.69, 9.17) is 11.2 Å². The van der Waals surface area contributed by atoms with Crippen LogP contribution < -0.4 is 10.1 Å². The summed E-state index contributed by atoms with van der Waals surface area (Å²) < 4.78 is 7.69. The summed E-state index contributed by atoms with van der Waals surface area (Å²) in [6.45, 7) is 6.90. The number of benzene rings is 1. The van der Waals surface area contributed by atoms with Crippen LogP contribution in [0.15, 0.2) is 21.1 Å². The number of unbranched alkanes of at least 4 members (excludes halogenated alkanes) is 1. The van der Waals surface area contributed by atoms with E-state index in [9.17, 15) is 0 Å². The largest absolute Gasteiger partial charge is 0.491 e. The van der Waals surface area contributed by atoms with Crippen LogP contribution in [-0.4, -0.2) is 13.2 Å². The molecule has 0 aromatic heterocycles. The first-order valence-corrected chi connectivity index (χ1v) is 8.38. The first-order valence-electron chi connectivity index (χ1n) is 6.79. The first-order chi connectivity index (χ1) is 9.54. The normalized spacial score (nSPS) is 10.6. The van der Waals surface area contributed by atoms with E-state index >= 15 is 0 Å². The summed E-state index contributed by atoms with van der Waals surface area (Å²) in [6.07, 6.45) is 6.83. The van der Waals surface area contributed by atoms with Gasteiger partial charge in [-0.25, -0.2) is 0 Å². The molecule has 0 atom stereocenters. The number of nitrogens with one attached hydrogen (secondary N) is 1. The Hall–Kier alpha value is -0.500. The number of rotatable bonds is 8. The maximum Gasteiger partial charge on any atom is 0.147 e. The summed E-state index contributed by atoms with van der Waals surface area (Å²) in [7, 11) is 0. The number of halogens is 2. The molecule has 0 aliphatic rings. The molecule has 0 unspecified atom stereocenters. The average molecular weight is 403 g/mol. The summed E-state index contributed by atoms with van der Waals surface area (Å²) in [5.74, 6) is 4.11. The lowest BCUT2D eigenvalue weighted by atomic mass is 10.2. The predicted octanol–water partition coefficient (Wildman–Crippen LogP) is 4.75. The lowest BCUT2D eigenvalue weighted by Crippen LogP contribution is -2.19. The minimum absolute atomic E-state index is 0.631. The van der Waals surface area contributed by atoms with Crippen LogP contribution in [0.4, 0.5) is 0 Å². The molecule has 1 N–H and O–H groups in total. The third-order valence-electron chi connectivity index (χ3n) is 2.65. The fraction of sp³-hybridized carbons (Fsp3) is 0.500. The van der Waals surface area contributed by atoms with Crippen molar-refractivity contribution in [2.75, 3.05) is 13.2 Å². The summed E-state index contributed by atoms with van der Waals surface area (Å²) in [5.41, 5.74) is 1.22. The molecule has 4 heteroatoms. The van der Waals surface area contributed by atoms with Crippen molar-refractivity contribution in [3.05, 3.63) is 26.6 Å². The van der Waals surface area contributed by atoms with Crippen LogP contribution in [0.3, 0.4) is 0 Å². The van der Waals surface area contributed by atoms with Crippen molar-refractivity contribution in [2.45, 2.75) is 33.2 Å². The van der Waals surface area contributed by atoms with Crippen molar-refractivity contribution in [3.8, 4) is 18.1 Å². The highest BCUT2D eigenvalue weighted by Crippen LogP contribution is 2.34. The Morgan fingerprint density at radius 3 is 2.50 bits per heavy atom. The van der Waals surface area contributed by atoms with E-state index in [1.807, 2.05) is 0 Å². The molecular weight excluding hydrogens is 382 g/mol. The number of hydrogen-bond donors (Lipinski definition) is 1. The highest BCUT2D eigenvalue weighted by atomic mass is 79.9. The van der Waals surface area contributed by atoms with E-state index in [2.05, 4.69) is 69.1 Å². The lowest BCUT2D eigenvalue weighted by molar-refractivity contribution is 0.309. The minimum Gasteiger partial charge on any atom is -0.491 e. The van der Waals surface area contributed by atoms with E-state index < -0.39 is 0 Å². The fourth-order valence-electron chi connectivity index (χ4n) is 1.71. The molecule has 0 saturated carbocycles. The topological polar surface area (TPSA) is 21.3 Å². The van der Waals surface area contributed by atoms with E-state index in [0.29, 0.717) is 12.5 Å². The van der Waals surface area contributed by atoms with Crippen LogP contribution >= 0.6 is 31.9 Å². The second-order valence-electron chi connectivity index (χ2n) is 5.07.